The summed E-state index contributed by atoms with van der Waals surface area (Å²) in [5.41, 5.74) is 0.154. The molecule has 1 amide bonds. The molecule has 6 heteroatoms. The standard InChI is InChI=1S/C11H14FIN2O.ClH/c1-14-6-7-15(2)11(16)10-8(12)4-3-5-9(10)13;/h3-5,14H,6-7H2,1-2H3;1H. The lowest BCUT2D eigenvalue weighted by Gasteiger charge is -2.18. The highest BCUT2D eigenvalue weighted by atomic mass is 127. The molecule has 1 N–H and O–H groups in total. The minimum atomic E-state index is -0.465. The number of carbonyl (C=O) groups excluding carboxylic acids is 1. The first-order chi connectivity index (χ1) is 7.57. The minimum Gasteiger partial charge on any atom is -0.340 e. The third-order valence-corrected chi connectivity index (χ3v) is 3.12. The van der Waals surface area contributed by atoms with Crippen LogP contribution in [0, 0.1) is 9.39 Å². The van der Waals surface area contributed by atoms with Gasteiger partial charge in [0.05, 0.1) is 5.56 Å². The van der Waals surface area contributed by atoms with E-state index in [1.54, 1.807) is 19.2 Å². The van der Waals surface area contributed by atoms with Crippen LogP contribution in [0.3, 0.4) is 0 Å². The van der Waals surface area contributed by atoms with Crippen LogP contribution in [0.1, 0.15) is 10.4 Å². The molecule has 0 bridgehead atoms. The van der Waals surface area contributed by atoms with Crippen LogP contribution in [0.2, 0.25) is 0 Å². The van der Waals surface area contributed by atoms with Gasteiger partial charge in [-0.1, -0.05) is 6.07 Å². The van der Waals surface area contributed by atoms with Crippen LogP contribution in [-0.2, 0) is 0 Å². The van der Waals surface area contributed by atoms with Crippen LogP contribution >= 0.6 is 35.0 Å². The minimum absolute atomic E-state index is 0. The maximum atomic E-state index is 13.5. The molecule has 0 aliphatic heterocycles. The zero-order valence-electron chi connectivity index (χ0n) is 9.67. The van der Waals surface area contributed by atoms with E-state index in [1.165, 1.54) is 11.0 Å². The Bertz CT molecular complexity index is 369. The average Bonchev–Trinajstić information content (AvgIpc) is 2.25. The zero-order valence-corrected chi connectivity index (χ0v) is 12.6. The third-order valence-electron chi connectivity index (χ3n) is 2.22. The number of nitrogens with one attached hydrogen (secondary N) is 1. The summed E-state index contributed by atoms with van der Waals surface area (Å²) in [5, 5.41) is 2.94. The smallest absolute Gasteiger partial charge is 0.257 e. The van der Waals surface area contributed by atoms with E-state index in [0.717, 1.165) is 0 Å². The van der Waals surface area contributed by atoms with Gasteiger partial charge in [0.1, 0.15) is 5.82 Å². The van der Waals surface area contributed by atoms with Crippen LogP contribution in [-0.4, -0.2) is 38.0 Å². The van der Waals surface area contributed by atoms with E-state index in [2.05, 4.69) is 5.32 Å². The number of rotatable bonds is 4. The molecule has 0 spiro atoms. The fourth-order valence-electron chi connectivity index (χ4n) is 1.27. The first-order valence-electron chi connectivity index (χ1n) is 4.92. The highest BCUT2D eigenvalue weighted by Crippen LogP contribution is 2.17. The van der Waals surface area contributed by atoms with Gasteiger partial charge in [-0.15, -0.1) is 12.4 Å². The van der Waals surface area contributed by atoms with Crippen molar-refractivity contribution >= 4 is 40.9 Å². The van der Waals surface area contributed by atoms with Gasteiger partial charge < -0.3 is 10.2 Å². The number of nitrogens with zero attached hydrogens (tertiary/aromatic N) is 1. The van der Waals surface area contributed by atoms with Gasteiger partial charge in [0.2, 0.25) is 0 Å². The Kier molecular flexibility index (Phi) is 7.65. The molecule has 0 saturated heterocycles. The van der Waals surface area contributed by atoms with E-state index in [-0.39, 0.29) is 23.9 Å². The molecule has 0 saturated carbocycles. The number of likely N-dealkylation sites (N-methyl/N-ethyl adjacent to an activating group) is 2. The summed E-state index contributed by atoms with van der Waals surface area (Å²) in [7, 11) is 3.48. The van der Waals surface area contributed by atoms with Crippen molar-refractivity contribution in [3.63, 3.8) is 0 Å². The summed E-state index contributed by atoms with van der Waals surface area (Å²) in [6, 6.07) is 4.63. The molecule has 0 aliphatic carbocycles. The second-order valence-electron chi connectivity index (χ2n) is 3.43. The molecule has 0 fully saturated rings. The van der Waals surface area contributed by atoms with Crippen molar-refractivity contribution in [2.45, 2.75) is 0 Å². The van der Waals surface area contributed by atoms with E-state index < -0.39 is 5.82 Å². The van der Waals surface area contributed by atoms with Crippen LogP contribution in [0.15, 0.2) is 18.2 Å². The largest absolute Gasteiger partial charge is 0.340 e. The Morgan fingerprint density at radius 3 is 2.71 bits per heavy atom. The lowest BCUT2D eigenvalue weighted by molar-refractivity contribution is 0.0791. The maximum absolute atomic E-state index is 13.5. The Hall–Kier alpha value is -0.400. The number of amides is 1. The van der Waals surface area contributed by atoms with E-state index in [1.807, 2.05) is 29.6 Å². The molecule has 0 unspecified atom stereocenters. The Morgan fingerprint density at radius 1 is 1.53 bits per heavy atom. The summed E-state index contributed by atoms with van der Waals surface area (Å²) in [6.45, 7) is 1.24. The van der Waals surface area contributed by atoms with Crippen molar-refractivity contribution < 1.29 is 9.18 Å². The molecule has 0 aliphatic rings. The normalized spacial score (nSPS) is 9.65. The summed E-state index contributed by atoms with van der Waals surface area (Å²) in [5.74, 6) is -0.744. The Labute approximate surface area is 120 Å². The van der Waals surface area contributed by atoms with E-state index in [4.69, 9.17) is 0 Å². The van der Waals surface area contributed by atoms with E-state index >= 15 is 0 Å². The van der Waals surface area contributed by atoms with Crippen molar-refractivity contribution in [1.82, 2.24) is 10.2 Å². The number of carbonyl (C=O) groups is 1. The Morgan fingerprint density at radius 2 is 2.18 bits per heavy atom. The van der Waals surface area contributed by atoms with Gasteiger partial charge >= 0.3 is 0 Å². The SMILES string of the molecule is CNCCN(C)C(=O)c1c(F)cccc1I.Cl. The van der Waals surface area contributed by atoms with E-state index in [0.29, 0.717) is 16.7 Å². The molecule has 96 valence electrons. The predicted octanol–water partition coefficient (Wildman–Crippen LogP) is 2.14. The van der Waals surface area contributed by atoms with Crippen LogP contribution in [0.25, 0.3) is 0 Å². The van der Waals surface area contributed by atoms with Gasteiger partial charge in [-0.05, 0) is 41.8 Å². The average molecular weight is 373 g/mol. The number of hydrogen-bond acceptors (Lipinski definition) is 2. The van der Waals surface area contributed by atoms with Crippen LogP contribution in [0.5, 0.6) is 0 Å². The van der Waals surface area contributed by atoms with Gasteiger partial charge in [0, 0.05) is 23.7 Å². The van der Waals surface area contributed by atoms with Crippen molar-refractivity contribution in [3.8, 4) is 0 Å². The van der Waals surface area contributed by atoms with Crippen molar-refractivity contribution in [2.75, 3.05) is 27.2 Å². The Balaban J connectivity index is 0.00000256. The van der Waals surface area contributed by atoms with Gasteiger partial charge in [-0.25, -0.2) is 4.39 Å². The summed E-state index contributed by atoms with van der Waals surface area (Å²) in [6.07, 6.45) is 0. The second kappa shape index (κ2) is 7.84. The molecule has 0 radical (unpaired) electrons. The zero-order chi connectivity index (χ0) is 12.1. The molecule has 17 heavy (non-hydrogen) atoms. The third kappa shape index (κ3) is 4.40. The summed E-state index contributed by atoms with van der Waals surface area (Å²) < 4.78 is 14.2. The molecular formula is C11H15ClFIN2O. The molecule has 0 heterocycles. The lowest BCUT2D eigenvalue weighted by atomic mass is 10.2. The topological polar surface area (TPSA) is 32.3 Å². The van der Waals surface area contributed by atoms with Gasteiger partial charge in [0.25, 0.3) is 5.91 Å². The fourth-order valence-corrected chi connectivity index (χ4v) is 1.97. The predicted molar refractivity (Wildman–Crippen MR) is 77.3 cm³/mol. The van der Waals surface area contributed by atoms with Crippen LogP contribution in [0.4, 0.5) is 4.39 Å². The molecule has 3 nitrogen and oxygen atoms in total. The highest BCUT2D eigenvalue weighted by Gasteiger charge is 2.18. The fraction of sp³-hybridized carbons (Fsp3) is 0.364. The van der Waals surface area contributed by atoms with Crippen molar-refractivity contribution in [3.05, 3.63) is 33.1 Å². The molecule has 1 aromatic rings. The van der Waals surface area contributed by atoms with Crippen molar-refractivity contribution in [1.29, 1.82) is 0 Å². The molecule has 0 atom stereocenters. The van der Waals surface area contributed by atoms with Gasteiger partial charge in [0.15, 0.2) is 0 Å². The molecular weight excluding hydrogens is 357 g/mol. The number of hydrogen-bond donors (Lipinski definition) is 1. The second-order valence-corrected chi connectivity index (χ2v) is 4.59. The monoisotopic (exact) mass is 372 g/mol. The number of benzene rings is 1. The highest BCUT2D eigenvalue weighted by molar-refractivity contribution is 14.1. The lowest BCUT2D eigenvalue weighted by Crippen LogP contribution is -2.33. The quantitative estimate of drug-likeness (QED) is 0.822. The van der Waals surface area contributed by atoms with Crippen LogP contribution < -0.4 is 5.32 Å². The molecule has 1 rings (SSSR count). The first kappa shape index (κ1) is 16.6. The van der Waals surface area contributed by atoms with Gasteiger partial charge in [-0.3, -0.25) is 4.79 Å². The summed E-state index contributed by atoms with van der Waals surface area (Å²) >= 11 is 1.97. The van der Waals surface area contributed by atoms with E-state index in [9.17, 15) is 9.18 Å². The van der Waals surface area contributed by atoms with Gasteiger partial charge in [-0.2, -0.15) is 0 Å². The number of halogens is 3. The first-order valence-corrected chi connectivity index (χ1v) is 6.00. The molecule has 1 aromatic carbocycles. The summed E-state index contributed by atoms with van der Waals surface area (Å²) in [4.78, 5) is 13.5. The van der Waals surface area contributed by atoms with Crippen molar-refractivity contribution in [2.24, 2.45) is 0 Å². The maximum Gasteiger partial charge on any atom is 0.257 e. The molecule has 0 aromatic heterocycles.